The van der Waals surface area contributed by atoms with Gasteiger partial charge in [-0.25, -0.2) is 19.1 Å². The molecule has 0 aliphatic carbocycles. The van der Waals surface area contributed by atoms with Crippen LogP contribution in [0.4, 0.5) is 11.9 Å². The van der Waals surface area contributed by atoms with Gasteiger partial charge < -0.3 is 0 Å². The van der Waals surface area contributed by atoms with Crippen LogP contribution in [-0.4, -0.2) is 74.3 Å². The van der Waals surface area contributed by atoms with Crippen LogP contribution in [0.2, 0.25) is 0 Å². The van der Waals surface area contributed by atoms with Gasteiger partial charge in [0, 0.05) is 35.9 Å². The van der Waals surface area contributed by atoms with Gasteiger partial charge in [0.15, 0.2) is 11.6 Å². The fraction of sp³-hybridized carbons (Fsp3) is 0.0909. The van der Waals surface area contributed by atoms with Crippen LogP contribution in [0.5, 0.6) is 0 Å². The number of hydrogen-bond donors (Lipinski definition) is 0. The topological polar surface area (TPSA) is 180 Å². The van der Waals surface area contributed by atoms with Crippen molar-refractivity contribution < 1.29 is 19.2 Å². The van der Waals surface area contributed by atoms with Crippen LogP contribution in [-0.2, 0) is 0 Å². The Morgan fingerprint density at radius 3 is 1.50 bits per heavy atom. The van der Waals surface area contributed by atoms with Gasteiger partial charge in [0.1, 0.15) is 11.4 Å². The lowest BCUT2D eigenvalue weighted by molar-refractivity contribution is 0.0961. The standard InChI is InChI=1S/C22H12N10O4/c33-15(11-3-1-5-23-9-11)7-13-19(35)31-17(27-29-21(31)25-13)18-28-30-22-26-14(20(36)32(18)22)8-16(34)12-4-2-6-24-10-12/h1-6,9-10H,7-8H2. The maximum atomic E-state index is 13.1. The summed E-state index contributed by atoms with van der Waals surface area (Å²) >= 11 is 0. The Morgan fingerprint density at radius 2 is 1.11 bits per heavy atom. The smallest absolute Gasteiger partial charge is 0.281 e. The predicted molar refractivity (Wildman–Crippen MR) is 121 cm³/mol. The predicted octanol–water partition coefficient (Wildman–Crippen LogP) is 1.33. The average molecular weight is 480 g/mol. The summed E-state index contributed by atoms with van der Waals surface area (Å²) < 4.78 is 2.10. The highest BCUT2D eigenvalue weighted by atomic mass is 16.2. The van der Waals surface area contributed by atoms with E-state index in [4.69, 9.17) is 0 Å². The number of fused-ring (bicyclic) bond motifs is 2. The molecule has 36 heavy (non-hydrogen) atoms. The Hall–Kier alpha value is -5.40. The van der Waals surface area contributed by atoms with E-state index in [1.807, 2.05) is 0 Å². The minimum atomic E-state index is -0.627. The fourth-order valence-electron chi connectivity index (χ4n) is 3.75. The minimum absolute atomic E-state index is 0.0403. The Kier molecular flexibility index (Phi) is 4.77. The van der Waals surface area contributed by atoms with E-state index >= 15 is 0 Å². The van der Waals surface area contributed by atoms with Crippen LogP contribution in [0.25, 0.3) is 11.6 Å². The maximum absolute atomic E-state index is 13.1. The van der Waals surface area contributed by atoms with Gasteiger partial charge in [-0.15, -0.1) is 20.4 Å². The second kappa shape index (κ2) is 8.12. The minimum Gasteiger partial charge on any atom is -0.294 e. The summed E-state index contributed by atoms with van der Waals surface area (Å²) in [6.07, 6.45) is 5.32. The Balaban J connectivity index is 1.24. The van der Waals surface area contributed by atoms with Gasteiger partial charge in [-0.05, 0) is 24.3 Å². The number of Topliss-reactive ketones (excluding diaryl/α,β-unsaturated/α-hetero) is 2. The van der Waals surface area contributed by atoms with Gasteiger partial charge in [0.05, 0.1) is 12.8 Å². The van der Waals surface area contributed by atoms with Crippen LogP contribution in [0.15, 0.2) is 59.0 Å². The first kappa shape index (κ1) is 21.2. The largest absolute Gasteiger partial charge is 0.294 e. The molecule has 6 heterocycles. The Labute approximate surface area is 200 Å². The molecular formula is C22H12N10O4. The van der Waals surface area contributed by atoms with Crippen molar-refractivity contribution in [1.29, 1.82) is 0 Å². The van der Waals surface area contributed by atoms with Gasteiger partial charge in [-0.3, -0.25) is 29.1 Å². The number of rotatable bonds is 7. The first-order chi connectivity index (χ1) is 17.5. The Morgan fingerprint density at radius 1 is 0.667 bits per heavy atom. The first-order valence-electron chi connectivity index (χ1n) is 10.5. The zero-order valence-electron chi connectivity index (χ0n) is 18.1. The van der Waals surface area contributed by atoms with E-state index in [0.717, 1.165) is 9.13 Å². The van der Waals surface area contributed by atoms with Crippen molar-refractivity contribution in [3.8, 4) is 11.6 Å². The average Bonchev–Trinajstić information content (AvgIpc) is 3.64. The second-order valence-electron chi connectivity index (χ2n) is 7.73. The lowest BCUT2D eigenvalue weighted by Crippen LogP contribution is -2.23. The number of aliphatic imine (C=N–C) groups is 2. The molecule has 0 N–H and O–H groups in total. The lowest BCUT2D eigenvalue weighted by atomic mass is 10.1. The molecule has 14 heteroatoms. The van der Waals surface area contributed by atoms with Crippen molar-refractivity contribution in [2.75, 3.05) is 0 Å². The summed E-state index contributed by atoms with van der Waals surface area (Å²) in [6, 6.07) is 6.40. The molecule has 4 aromatic heterocycles. The van der Waals surface area contributed by atoms with Crippen LogP contribution >= 0.6 is 0 Å². The molecule has 0 radical (unpaired) electrons. The lowest BCUT2D eigenvalue weighted by Gasteiger charge is -2.04. The number of aromatic nitrogens is 8. The first-order valence-corrected chi connectivity index (χ1v) is 10.5. The molecule has 2 aliphatic heterocycles. The van der Waals surface area contributed by atoms with E-state index in [0.29, 0.717) is 11.1 Å². The molecule has 0 bridgehead atoms. The quantitative estimate of drug-likeness (QED) is 0.350. The van der Waals surface area contributed by atoms with E-state index in [1.165, 1.54) is 24.8 Å². The number of carbonyl (C=O) groups excluding carboxylic acids is 4. The monoisotopic (exact) mass is 480 g/mol. The highest BCUT2D eigenvalue weighted by Gasteiger charge is 2.37. The molecule has 0 saturated heterocycles. The highest BCUT2D eigenvalue weighted by molar-refractivity contribution is 6.47. The second-order valence-corrected chi connectivity index (χ2v) is 7.73. The van der Waals surface area contributed by atoms with E-state index in [1.54, 1.807) is 24.3 Å². The molecule has 2 aliphatic rings. The zero-order valence-corrected chi connectivity index (χ0v) is 18.1. The summed E-state index contributed by atoms with van der Waals surface area (Å²) in [5, 5.41) is 15.6. The number of ketones is 2. The normalized spacial score (nSPS) is 13.9. The SMILES string of the molecule is O=C(CC1=Nc2nnc(-c3nnc4n3C(=O)C(CC(=O)c3cccnc3)=N4)n2C1=O)c1cccnc1. The van der Waals surface area contributed by atoms with Crippen molar-refractivity contribution in [3.63, 3.8) is 0 Å². The highest BCUT2D eigenvalue weighted by Crippen LogP contribution is 2.30. The maximum Gasteiger partial charge on any atom is 0.281 e. The summed E-state index contributed by atoms with van der Waals surface area (Å²) in [7, 11) is 0. The molecule has 0 aromatic carbocycles. The molecule has 0 unspecified atom stereocenters. The summed E-state index contributed by atoms with van der Waals surface area (Å²) in [6.45, 7) is 0. The van der Waals surface area contributed by atoms with Crippen molar-refractivity contribution in [3.05, 3.63) is 60.2 Å². The summed E-state index contributed by atoms with van der Waals surface area (Å²) in [5.41, 5.74) is 0.590. The molecule has 0 saturated carbocycles. The Bertz CT molecular complexity index is 1530. The molecule has 174 valence electrons. The molecule has 0 spiro atoms. The van der Waals surface area contributed by atoms with E-state index in [-0.39, 0.29) is 59.4 Å². The van der Waals surface area contributed by atoms with Gasteiger partial charge in [0.2, 0.25) is 11.6 Å². The fourth-order valence-corrected chi connectivity index (χ4v) is 3.75. The third-order valence-electron chi connectivity index (χ3n) is 5.48. The van der Waals surface area contributed by atoms with Crippen LogP contribution in [0, 0.1) is 0 Å². The van der Waals surface area contributed by atoms with E-state index in [9.17, 15) is 19.2 Å². The zero-order chi connectivity index (χ0) is 24.8. The van der Waals surface area contributed by atoms with E-state index < -0.39 is 11.8 Å². The summed E-state index contributed by atoms with van der Waals surface area (Å²) in [4.78, 5) is 67.2. The van der Waals surface area contributed by atoms with Crippen molar-refractivity contribution >= 4 is 46.7 Å². The molecule has 0 amide bonds. The van der Waals surface area contributed by atoms with Crippen LogP contribution < -0.4 is 0 Å². The van der Waals surface area contributed by atoms with Gasteiger partial charge in [0.25, 0.3) is 23.7 Å². The third-order valence-corrected chi connectivity index (χ3v) is 5.48. The number of hydrogen-bond acceptors (Lipinski definition) is 12. The summed E-state index contributed by atoms with van der Waals surface area (Å²) in [5.74, 6) is -2.24. The van der Waals surface area contributed by atoms with Crippen molar-refractivity contribution in [2.24, 2.45) is 9.98 Å². The van der Waals surface area contributed by atoms with E-state index in [2.05, 4.69) is 40.3 Å². The van der Waals surface area contributed by atoms with Gasteiger partial charge in [-0.1, -0.05) is 0 Å². The van der Waals surface area contributed by atoms with Crippen molar-refractivity contribution in [1.82, 2.24) is 39.5 Å². The van der Waals surface area contributed by atoms with Crippen LogP contribution in [0.1, 0.15) is 43.1 Å². The molecule has 0 atom stereocenters. The molecule has 4 aromatic rings. The molecule has 14 nitrogen and oxygen atoms in total. The number of nitrogens with zero attached hydrogens (tertiary/aromatic N) is 10. The molecule has 0 fully saturated rings. The van der Waals surface area contributed by atoms with Gasteiger partial charge >= 0.3 is 0 Å². The molecule has 6 rings (SSSR count). The third kappa shape index (κ3) is 3.35. The van der Waals surface area contributed by atoms with Crippen LogP contribution in [0.3, 0.4) is 0 Å². The molecular weight excluding hydrogens is 468 g/mol. The van der Waals surface area contributed by atoms with Crippen molar-refractivity contribution in [2.45, 2.75) is 12.8 Å². The van der Waals surface area contributed by atoms with Gasteiger partial charge in [-0.2, -0.15) is 0 Å². The number of pyridine rings is 2. The number of carbonyl (C=O) groups is 4.